The SMILES string of the molecule is Cc1cnc(N2CC[C@@H]3Cn4c(nn(Cc5ccccc5)c(=O)c4=O)[C@H]3C2)nc1. The van der Waals surface area contributed by atoms with Gasteiger partial charge in [-0.2, -0.15) is 5.10 Å². The summed E-state index contributed by atoms with van der Waals surface area (Å²) in [5.41, 5.74) is 0.931. The average Bonchev–Trinajstić information content (AvgIpc) is 3.11. The van der Waals surface area contributed by atoms with Crippen molar-refractivity contribution in [3.63, 3.8) is 0 Å². The molecule has 3 aromatic rings. The molecule has 2 aliphatic rings. The fourth-order valence-corrected chi connectivity index (χ4v) is 4.34. The van der Waals surface area contributed by atoms with Gasteiger partial charge in [-0.25, -0.2) is 14.6 Å². The van der Waals surface area contributed by atoms with Crippen LogP contribution in [0.3, 0.4) is 0 Å². The lowest BCUT2D eigenvalue weighted by molar-refractivity contribution is 0.360. The molecule has 1 fully saturated rings. The van der Waals surface area contributed by atoms with Crippen LogP contribution in [-0.2, 0) is 13.1 Å². The molecule has 0 unspecified atom stereocenters. The van der Waals surface area contributed by atoms with Crippen molar-refractivity contribution in [2.45, 2.75) is 32.4 Å². The number of hydrogen-bond acceptors (Lipinski definition) is 6. The zero-order valence-electron chi connectivity index (χ0n) is 16.2. The first kappa shape index (κ1) is 17.8. The lowest BCUT2D eigenvalue weighted by atomic mass is 9.88. The number of fused-ring (bicyclic) bond motifs is 3. The topological polar surface area (TPSA) is 85.9 Å². The van der Waals surface area contributed by atoms with Gasteiger partial charge in [-0.1, -0.05) is 30.3 Å². The highest BCUT2D eigenvalue weighted by atomic mass is 16.2. The molecule has 5 rings (SSSR count). The third kappa shape index (κ3) is 3.14. The van der Waals surface area contributed by atoms with E-state index in [0.717, 1.165) is 24.1 Å². The first-order chi connectivity index (χ1) is 14.1. The van der Waals surface area contributed by atoms with Gasteiger partial charge in [-0.15, -0.1) is 0 Å². The second-order valence-electron chi connectivity index (χ2n) is 7.88. The number of hydrogen-bond donors (Lipinski definition) is 0. The van der Waals surface area contributed by atoms with Crippen molar-refractivity contribution in [1.29, 1.82) is 0 Å². The number of anilines is 1. The number of rotatable bonds is 3. The number of benzene rings is 1. The Kier molecular flexibility index (Phi) is 4.26. The molecule has 8 nitrogen and oxygen atoms in total. The summed E-state index contributed by atoms with van der Waals surface area (Å²) in [7, 11) is 0. The van der Waals surface area contributed by atoms with Crippen molar-refractivity contribution in [3.05, 3.63) is 80.4 Å². The van der Waals surface area contributed by atoms with Crippen LogP contribution in [0, 0.1) is 12.8 Å². The highest BCUT2D eigenvalue weighted by molar-refractivity contribution is 5.33. The van der Waals surface area contributed by atoms with Crippen LogP contribution in [0.15, 0.2) is 52.3 Å². The fourth-order valence-electron chi connectivity index (χ4n) is 4.34. The molecule has 8 heteroatoms. The normalized spacial score (nSPS) is 20.4. The van der Waals surface area contributed by atoms with Crippen LogP contribution in [0.25, 0.3) is 0 Å². The molecule has 0 bridgehead atoms. The molecule has 0 radical (unpaired) electrons. The zero-order valence-corrected chi connectivity index (χ0v) is 16.2. The molecule has 0 spiro atoms. The van der Waals surface area contributed by atoms with Gasteiger partial charge in [0.1, 0.15) is 5.82 Å². The second kappa shape index (κ2) is 6.95. The van der Waals surface area contributed by atoms with Crippen molar-refractivity contribution in [3.8, 4) is 0 Å². The van der Waals surface area contributed by atoms with Gasteiger partial charge in [0.2, 0.25) is 5.95 Å². The lowest BCUT2D eigenvalue weighted by Gasteiger charge is -2.34. The summed E-state index contributed by atoms with van der Waals surface area (Å²) in [5.74, 6) is 1.80. The van der Waals surface area contributed by atoms with E-state index in [2.05, 4.69) is 20.0 Å². The van der Waals surface area contributed by atoms with Crippen molar-refractivity contribution < 1.29 is 0 Å². The van der Waals surface area contributed by atoms with Crippen LogP contribution in [0.5, 0.6) is 0 Å². The highest BCUT2D eigenvalue weighted by Crippen LogP contribution is 2.37. The number of aromatic nitrogens is 5. The first-order valence-corrected chi connectivity index (χ1v) is 9.89. The largest absolute Gasteiger partial charge is 0.340 e. The minimum absolute atomic E-state index is 0.0870. The summed E-state index contributed by atoms with van der Waals surface area (Å²) in [6.45, 7) is 4.36. The van der Waals surface area contributed by atoms with Crippen molar-refractivity contribution in [2.75, 3.05) is 18.0 Å². The molecule has 2 aliphatic heterocycles. The van der Waals surface area contributed by atoms with Crippen LogP contribution in [0.1, 0.15) is 29.3 Å². The van der Waals surface area contributed by atoms with Gasteiger partial charge in [0, 0.05) is 37.9 Å². The van der Waals surface area contributed by atoms with Gasteiger partial charge in [-0.05, 0) is 30.4 Å². The van der Waals surface area contributed by atoms with Gasteiger partial charge in [0.15, 0.2) is 0 Å². The Morgan fingerprint density at radius 2 is 1.79 bits per heavy atom. The predicted molar refractivity (Wildman–Crippen MR) is 108 cm³/mol. The van der Waals surface area contributed by atoms with Crippen molar-refractivity contribution >= 4 is 5.95 Å². The summed E-state index contributed by atoms with van der Waals surface area (Å²) in [4.78, 5) is 36.4. The second-order valence-corrected chi connectivity index (χ2v) is 7.88. The number of aryl methyl sites for hydroxylation is 1. The summed E-state index contributed by atoms with van der Waals surface area (Å²) in [5, 5.41) is 4.64. The summed E-state index contributed by atoms with van der Waals surface area (Å²) >= 11 is 0. The molecular formula is C21H22N6O2. The molecule has 2 aromatic heterocycles. The Hall–Kier alpha value is -3.29. The molecular weight excluding hydrogens is 368 g/mol. The van der Waals surface area contributed by atoms with E-state index >= 15 is 0 Å². The van der Waals surface area contributed by atoms with Gasteiger partial charge < -0.3 is 4.90 Å². The van der Waals surface area contributed by atoms with E-state index < -0.39 is 11.1 Å². The van der Waals surface area contributed by atoms with E-state index in [9.17, 15) is 9.59 Å². The van der Waals surface area contributed by atoms with E-state index in [0.29, 0.717) is 37.3 Å². The van der Waals surface area contributed by atoms with Crippen molar-refractivity contribution in [2.24, 2.45) is 5.92 Å². The monoisotopic (exact) mass is 390 g/mol. The Balaban J connectivity index is 1.49. The molecule has 0 amide bonds. The van der Waals surface area contributed by atoms with Crippen LogP contribution in [0.4, 0.5) is 5.95 Å². The molecule has 2 atom stereocenters. The van der Waals surface area contributed by atoms with Gasteiger partial charge >= 0.3 is 11.1 Å². The maximum absolute atomic E-state index is 12.8. The smallest absolute Gasteiger partial charge is 0.332 e. The standard InChI is InChI=1S/C21H22N6O2/c1-14-9-22-21(23-10-14)25-8-7-16-12-26-18(17(16)13-25)24-27(20(29)19(26)28)11-15-5-3-2-4-6-15/h2-6,9-10,16-17H,7-8,11-13H2,1H3/t16-,17+/m1/s1. The minimum atomic E-state index is -0.560. The van der Waals surface area contributed by atoms with Gasteiger partial charge in [0.05, 0.1) is 6.54 Å². The maximum Gasteiger partial charge on any atom is 0.332 e. The van der Waals surface area contributed by atoms with E-state index in [1.54, 1.807) is 4.57 Å². The number of piperidine rings is 1. The molecule has 4 heterocycles. The molecule has 29 heavy (non-hydrogen) atoms. The Labute approximate surface area is 167 Å². The molecule has 1 aromatic carbocycles. The number of nitrogens with zero attached hydrogens (tertiary/aromatic N) is 6. The van der Waals surface area contributed by atoms with E-state index in [1.807, 2.05) is 49.6 Å². The summed E-state index contributed by atoms with van der Waals surface area (Å²) in [6.07, 6.45) is 4.55. The summed E-state index contributed by atoms with van der Waals surface area (Å²) < 4.78 is 2.89. The van der Waals surface area contributed by atoms with Crippen LogP contribution in [-0.4, -0.2) is 37.4 Å². The quantitative estimate of drug-likeness (QED) is 0.624. The highest BCUT2D eigenvalue weighted by Gasteiger charge is 2.40. The Morgan fingerprint density at radius 3 is 2.55 bits per heavy atom. The first-order valence-electron chi connectivity index (χ1n) is 9.89. The third-order valence-corrected chi connectivity index (χ3v) is 5.89. The van der Waals surface area contributed by atoms with Crippen LogP contribution < -0.4 is 16.0 Å². The predicted octanol–water partition coefficient (Wildman–Crippen LogP) is 1.18. The minimum Gasteiger partial charge on any atom is -0.340 e. The van der Waals surface area contributed by atoms with E-state index in [-0.39, 0.29) is 5.92 Å². The Morgan fingerprint density at radius 1 is 1.03 bits per heavy atom. The Bertz CT molecular complexity index is 1150. The lowest BCUT2D eigenvalue weighted by Crippen LogP contribution is -2.43. The zero-order chi connectivity index (χ0) is 20.0. The van der Waals surface area contributed by atoms with E-state index in [1.165, 1.54) is 4.68 Å². The van der Waals surface area contributed by atoms with Crippen LogP contribution in [0.2, 0.25) is 0 Å². The average molecular weight is 390 g/mol. The van der Waals surface area contributed by atoms with Gasteiger partial charge in [0.25, 0.3) is 0 Å². The molecule has 0 N–H and O–H groups in total. The summed E-state index contributed by atoms with van der Waals surface area (Å²) in [6, 6.07) is 9.61. The molecule has 0 aliphatic carbocycles. The van der Waals surface area contributed by atoms with E-state index in [4.69, 9.17) is 0 Å². The maximum atomic E-state index is 12.8. The molecule has 148 valence electrons. The van der Waals surface area contributed by atoms with Crippen LogP contribution >= 0.6 is 0 Å². The molecule has 1 saturated heterocycles. The molecule has 0 saturated carbocycles. The van der Waals surface area contributed by atoms with Crippen molar-refractivity contribution in [1.82, 2.24) is 24.3 Å². The van der Waals surface area contributed by atoms with Gasteiger partial charge in [-0.3, -0.25) is 14.2 Å². The third-order valence-electron chi connectivity index (χ3n) is 5.89. The fraction of sp³-hybridized carbons (Fsp3) is 0.381.